The van der Waals surface area contributed by atoms with Gasteiger partial charge in [-0.05, 0) is 37.2 Å². The van der Waals surface area contributed by atoms with Crippen molar-refractivity contribution in [3.8, 4) is 11.3 Å². The van der Waals surface area contributed by atoms with Gasteiger partial charge in [0.25, 0.3) is 0 Å². The molecule has 0 amide bonds. The van der Waals surface area contributed by atoms with Gasteiger partial charge in [-0.25, -0.2) is 0 Å². The Morgan fingerprint density at radius 1 is 1.15 bits per heavy atom. The number of hydrogen-bond acceptors (Lipinski definition) is 3. The van der Waals surface area contributed by atoms with Crippen LogP contribution in [0, 0.1) is 19.9 Å². The smallest absolute Gasteiger partial charge is 0.155 e. The van der Waals surface area contributed by atoms with Crippen LogP contribution in [0.25, 0.3) is 22.0 Å². The molecule has 137 valence electrons. The van der Waals surface area contributed by atoms with Crippen molar-refractivity contribution in [2.24, 2.45) is 0 Å². The fourth-order valence-corrected chi connectivity index (χ4v) is 2.59. The molecule has 0 bridgehead atoms. The number of fused-ring (bicyclic) bond motifs is 1. The Hall–Kier alpha value is -2.29. The minimum atomic E-state index is -0.125. The van der Waals surface area contributed by atoms with Crippen LogP contribution in [-0.2, 0) is 24.9 Å². The Morgan fingerprint density at radius 3 is 2.42 bits per heavy atom. The zero-order valence-corrected chi connectivity index (χ0v) is 17.7. The molecule has 1 heterocycles. The van der Waals surface area contributed by atoms with E-state index in [1.165, 1.54) is 41.8 Å². The largest absolute Gasteiger partial charge is 0.512 e. The predicted molar refractivity (Wildman–Crippen MR) is 103 cm³/mol. The molecule has 0 aliphatic rings. The van der Waals surface area contributed by atoms with Crippen LogP contribution in [0.2, 0.25) is 0 Å². The monoisotopic (exact) mass is 525 g/mol. The van der Waals surface area contributed by atoms with Crippen molar-refractivity contribution >= 4 is 16.6 Å². The number of allylic oxidation sites excluding steroid dienone is 2. The van der Waals surface area contributed by atoms with E-state index in [9.17, 15) is 4.79 Å². The zero-order chi connectivity index (χ0) is 18.4. The number of aliphatic hydroxyl groups excluding tert-OH is 1. The van der Waals surface area contributed by atoms with E-state index in [1.54, 1.807) is 0 Å². The molecule has 3 aromatic rings. The van der Waals surface area contributed by atoms with E-state index in [4.69, 9.17) is 5.11 Å². The van der Waals surface area contributed by atoms with Crippen LogP contribution in [-0.4, -0.2) is 15.9 Å². The number of carbonyl (C=O) groups excluding carboxylic acids is 1. The molecule has 1 aromatic heterocycles. The van der Waals surface area contributed by atoms with E-state index < -0.39 is 0 Å². The van der Waals surface area contributed by atoms with Gasteiger partial charge < -0.3 is 10.1 Å². The van der Waals surface area contributed by atoms with Gasteiger partial charge in [0.2, 0.25) is 0 Å². The van der Waals surface area contributed by atoms with Crippen molar-refractivity contribution in [1.29, 1.82) is 0 Å². The van der Waals surface area contributed by atoms with Gasteiger partial charge in [-0.2, -0.15) is 0 Å². The maximum Gasteiger partial charge on any atom is 0.155 e. The zero-order valence-electron chi connectivity index (χ0n) is 15.3. The van der Waals surface area contributed by atoms with Gasteiger partial charge in [0, 0.05) is 32.4 Å². The van der Waals surface area contributed by atoms with Gasteiger partial charge in [0.1, 0.15) is 0 Å². The summed E-state index contributed by atoms with van der Waals surface area (Å²) in [5.74, 6) is -0.0625. The third-order valence-electron chi connectivity index (χ3n) is 3.68. The number of carbonyl (C=O) groups is 1. The molecule has 0 saturated carbocycles. The minimum Gasteiger partial charge on any atom is -0.512 e. The first kappa shape index (κ1) is 21.8. The van der Waals surface area contributed by atoms with E-state index >= 15 is 0 Å². The Bertz CT molecular complexity index is 928. The third-order valence-corrected chi connectivity index (χ3v) is 3.68. The molecule has 0 atom stereocenters. The van der Waals surface area contributed by atoms with Crippen molar-refractivity contribution in [1.82, 2.24) is 4.98 Å². The molecule has 26 heavy (non-hydrogen) atoms. The summed E-state index contributed by atoms with van der Waals surface area (Å²) >= 11 is 0. The number of rotatable bonds is 2. The van der Waals surface area contributed by atoms with Crippen molar-refractivity contribution in [2.75, 3.05) is 0 Å². The Morgan fingerprint density at radius 2 is 1.85 bits per heavy atom. The number of hydrogen-bond donors (Lipinski definition) is 1. The van der Waals surface area contributed by atoms with E-state index in [0.717, 1.165) is 11.3 Å². The van der Waals surface area contributed by atoms with E-state index in [-0.39, 0.29) is 31.6 Å². The van der Waals surface area contributed by atoms with Crippen molar-refractivity contribution in [3.63, 3.8) is 0 Å². The molecular weight excluding hydrogens is 502 g/mol. The van der Waals surface area contributed by atoms with Gasteiger partial charge >= 0.3 is 0 Å². The Labute approximate surface area is 168 Å². The average Bonchev–Trinajstić information content (AvgIpc) is 2.55. The number of aryl methyl sites for hydroxylation is 2. The normalized spacial score (nSPS) is 10.5. The average molecular weight is 525 g/mol. The summed E-state index contributed by atoms with van der Waals surface area (Å²) in [5, 5.41) is 10.8. The van der Waals surface area contributed by atoms with E-state index in [2.05, 4.69) is 55.2 Å². The summed E-state index contributed by atoms with van der Waals surface area (Å²) in [6.45, 7) is 7.07. The van der Waals surface area contributed by atoms with Gasteiger partial charge in [-0.1, -0.05) is 36.8 Å². The van der Waals surface area contributed by atoms with Crippen LogP contribution in [0.5, 0.6) is 0 Å². The summed E-state index contributed by atoms with van der Waals surface area (Å²) in [5.41, 5.74) is 4.55. The fourth-order valence-electron chi connectivity index (χ4n) is 2.59. The fraction of sp³-hybridized carbons (Fsp3) is 0.182. The molecule has 3 nitrogen and oxygen atoms in total. The summed E-state index contributed by atoms with van der Waals surface area (Å²) in [7, 11) is 0. The molecule has 0 fully saturated rings. The molecule has 0 spiro atoms. The first-order valence-electron chi connectivity index (χ1n) is 8.09. The standard InChI is InChI=1S/C17H14N.C5H8O2.Ir/c1-12-6-5-8-14(10-12)17-13(2)16-9-4-3-7-15(16)11-18-17;1-4(6)3-5(2)7;/h3-7,9-11H,1-2H3;3,6H,1-2H3;/q-1;;/b;4-3-;. The summed E-state index contributed by atoms with van der Waals surface area (Å²) in [6, 6.07) is 17.8. The summed E-state index contributed by atoms with van der Waals surface area (Å²) in [6.07, 6.45) is 3.10. The number of aliphatic hydroxyl groups is 1. The number of nitrogens with zero attached hydrogens (tertiary/aromatic N) is 1. The summed E-state index contributed by atoms with van der Waals surface area (Å²) < 4.78 is 0. The maximum atomic E-state index is 10.0. The molecule has 0 saturated heterocycles. The number of pyridine rings is 1. The van der Waals surface area contributed by atoms with Gasteiger partial charge in [0.15, 0.2) is 5.78 Å². The minimum absolute atomic E-state index is 0. The molecule has 1 radical (unpaired) electrons. The second kappa shape index (κ2) is 10.0. The number of ketones is 1. The van der Waals surface area contributed by atoms with Crippen molar-refractivity contribution in [3.05, 3.63) is 77.7 Å². The second-order valence-corrected chi connectivity index (χ2v) is 6.00. The molecular formula is C22H22IrNO2-. The molecule has 3 rings (SSSR count). The van der Waals surface area contributed by atoms with Crippen molar-refractivity contribution < 1.29 is 30.0 Å². The van der Waals surface area contributed by atoms with Crippen LogP contribution in [0.15, 0.2) is 60.5 Å². The van der Waals surface area contributed by atoms with Crippen LogP contribution in [0.3, 0.4) is 0 Å². The third kappa shape index (κ3) is 5.90. The topological polar surface area (TPSA) is 50.2 Å². The van der Waals surface area contributed by atoms with Crippen LogP contribution < -0.4 is 0 Å². The molecule has 0 aliphatic carbocycles. The van der Waals surface area contributed by atoms with Crippen molar-refractivity contribution in [2.45, 2.75) is 27.7 Å². The Kier molecular flexibility index (Phi) is 8.37. The first-order valence-corrected chi connectivity index (χ1v) is 8.09. The Balaban J connectivity index is 0.000000366. The number of benzene rings is 2. The molecule has 2 aromatic carbocycles. The van der Waals surface area contributed by atoms with Crippen LogP contribution >= 0.6 is 0 Å². The van der Waals surface area contributed by atoms with Crippen LogP contribution in [0.4, 0.5) is 0 Å². The SMILES string of the molecule is CC(=O)/C=C(/C)O.Cc1cc[c-]c(-c2ncc3ccccc3c2C)c1.[Ir]. The van der Waals surface area contributed by atoms with E-state index in [1.807, 2.05) is 18.3 Å². The molecule has 4 heteroatoms. The van der Waals surface area contributed by atoms with Gasteiger partial charge in [0.05, 0.1) is 5.76 Å². The predicted octanol–water partition coefficient (Wildman–Crippen LogP) is 5.35. The molecule has 1 N–H and O–H groups in total. The quantitative estimate of drug-likeness (QED) is 0.279. The molecule has 0 unspecified atom stereocenters. The van der Waals surface area contributed by atoms with E-state index in [0.29, 0.717) is 0 Å². The van der Waals surface area contributed by atoms with Gasteiger partial charge in [-0.3, -0.25) is 4.79 Å². The summed E-state index contributed by atoms with van der Waals surface area (Å²) in [4.78, 5) is 14.6. The van der Waals surface area contributed by atoms with Gasteiger partial charge in [-0.15, -0.1) is 35.4 Å². The number of aromatic nitrogens is 1. The maximum absolute atomic E-state index is 10.0. The second-order valence-electron chi connectivity index (χ2n) is 6.00. The van der Waals surface area contributed by atoms with Crippen LogP contribution in [0.1, 0.15) is 25.0 Å². The first-order chi connectivity index (χ1) is 11.9. The molecule has 0 aliphatic heterocycles.